The Bertz CT molecular complexity index is 790. The van der Waals surface area contributed by atoms with E-state index in [1.165, 1.54) is 5.56 Å². The normalized spacial score (nSPS) is 13.3. The number of aryl methyl sites for hydroxylation is 1. The maximum absolute atomic E-state index is 6.08. The van der Waals surface area contributed by atoms with Crippen LogP contribution < -0.4 is 15.4 Å². The summed E-state index contributed by atoms with van der Waals surface area (Å²) < 4.78 is 11.9. The van der Waals surface area contributed by atoms with Crippen molar-refractivity contribution < 1.29 is 9.15 Å². The van der Waals surface area contributed by atoms with Crippen LogP contribution in [0.3, 0.4) is 0 Å². The van der Waals surface area contributed by atoms with Crippen LogP contribution in [0.1, 0.15) is 63.8 Å². The van der Waals surface area contributed by atoms with Crippen LogP contribution in [0.4, 0.5) is 0 Å². The van der Waals surface area contributed by atoms with Crippen molar-refractivity contribution in [2.24, 2.45) is 4.99 Å². The summed E-state index contributed by atoms with van der Waals surface area (Å²) in [5.74, 6) is 3.12. The lowest BCUT2D eigenvalue weighted by atomic mass is 9.94. The Labute approximate surface area is 168 Å². The van der Waals surface area contributed by atoms with Gasteiger partial charge in [-0.05, 0) is 31.9 Å². The minimum absolute atomic E-state index is 0.0529. The van der Waals surface area contributed by atoms with E-state index in [1.54, 1.807) is 13.2 Å². The summed E-state index contributed by atoms with van der Waals surface area (Å²) in [5, 5.41) is 6.58. The monoisotopic (exact) mass is 386 g/mol. The van der Waals surface area contributed by atoms with Crippen LogP contribution in [0.25, 0.3) is 0 Å². The molecule has 154 valence electrons. The Hall–Kier alpha value is -2.50. The maximum Gasteiger partial charge on any atom is 0.213 e. The molecule has 2 aromatic rings. The molecule has 0 saturated heterocycles. The van der Waals surface area contributed by atoms with Crippen LogP contribution in [-0.2, 0) is 18.5 Å². The second kappa shape index (κ2) is 9.62. The van der Waals surface area contributed by atoms with Gasteiger partial charge in [-0.15, -0.1) is 0 Å². The van der Waals surface area contributed by atoms with Crippen molar-refractivity contribution in [2.45, 2.75) is 72.6 Å². The molecular formula is C22H34N4O2. The highest BCUT2D eigenvalue weighted by Gasteiger charge is 2.19. The lowest BCUT2D eigenvalue weighted by Gasteiger charge is -2.18. The molecule has 1 aromatic carbocycles. The fourth-order valence-electron chi connectivity index (χ4n) is 2.52. The molecule has 0 aliphatic rings. The minimum Gasteiger partial charge on any atom is -0.490 e. The lowest BCUT2D eigenvalue weighted by Crippen LogP contribution is -2.36. The van der Waals surface area contributed by atoms with E-state index in [0.717, 1.165) is 23.5 Å². The molecule has 1 atom stereocenters. The summed E-state index contributed by atoms with van der Waals surface area (Å²) in [7, 11) is 1.75. The molecule has 2 N–H and O–H groups in total. The van der Waals surface area contributed by atoms with Crippen molar-refractivity contribution in [3.63, 3.8) is 0 Å². The summed E-state index contributed by atoms with van der Waals surface area (Å²) in [6.45, 7) is 13.7. The third-order valence-electron chi connectivity index (χ3n) is 4.50. The van der Waals surface area contributed by atoms with Crippen LogP contribution in [0.5, 0.6) is 5.75 Å². The zero-order valence-electron chi connectivity index (χ0n) is 18.2. The van der Waals surface area contributed by atoms with Crippen molar-refractivity contribution >= 4 is 5.96 Å². The first kappa shape index (κ1) is 21.8. The van der Waals surface area contributed by atoms with Crippen LogP contribution in [-0.4, -0.2) is 24.1 Å². The summed E-state index contributed by atoms with van der Waals surface area (Å²) in [6.07, 6.45) is 2.94. The molecule has 1 unspecified atom stereocenters. The third-order valence-corrected chi connectivity index (χ3v) is 4.50. The topological polar surface area (TPSA) is 71.7 Å². The van der Waals surface area contributed by atoms with E-state index in [4.69, 9.17) is 9.15 Å². The molecule has 0 amide bonds. The van der Waals surface area contributed by atoms with E-state index in [0.29, 0.717) is 24.9 Å². The fourth-order valence-corrected chi connectivity index (χ4v) is 2.52. The van der Waals surface area contributed by atoms with Crippen LogP contribution in [0.2, 0.25) is 0 Å². The molecule has 6 heteroatoms. The van der Waals surface area contributed by atoms with Crippen molar-refractivity contribution in [1.82, 2.24) is 15.6 Å². The van der Waals surface area contributed by atoms with Gasteiger partial charge < -0.3 is 19.8 Å². The number of oxazole rings is 1. The maximum atomic E-state index is 6.08. The minimum atomic E-state index is -0.0529. The SMILES string of the molecule is CCC(C)Oc1cc(C)ccc1CNC(=NC)NCc1ncc(C(C)(C)C)o1. The quantitative estimate of drug-likeness (QED) is 0.548. The first-order chi connectivity index (χ1) is 13.2. The highest BCUT2D eigenvalue weighted by atomic mass is 16.5. The Morgan fingerprint density at radius 3 is 2.57 bits per heavy atom. The number of nitrogens with one attached hydrogen (secondary N) is 2. The van der Waals surface area contributed by atoms with Gasteiger partial charge in [0, 0.05) is 24.6 Å². The summed E-state index contributed by atoms with van der Waals surface area (Å²) in [4.78, 5) is 8.62. The zero-order chi connectivity index (χ0) is 20.7. The lowest BCUT2D eigenvalue weighted by molar-refractivity contribution is 0.215. The van der Waals surface area contributed by atoms with E-state index < -0.39 is 0 Å². The number of ether oxygens (including phenoxy) is 1. The molecule has 0 saturated carbocycles. The Kier molecular flexibility index (Phi) is 7.49. The molecule has 1 aromatic heterocycles. The number of rotatable bonds is 7. The van der Waals surface area contributed by atoms with Gasteiger partial charge in [0.2, 0.25) is 5.89 Å². The molecule has 28 heavy (non-hydrogen) atoms. The molecule has 0 bridgehead atoms. The highest BCUT2D eigenvalue weighted by Crippen LogP contribution is 2.23. The number of hydrogen-bond donors (Lipinski definition) is 2. The Morgan fingerprint density at radius 2 is 1.96 bits per heavy atom. The Morgan fingerprint density at radius 1 is 1.25 bits per heavy atom. The first-order valence-electron chi connectivity index (χ1n) is 9.88. The van der Waals surface area contributed by atoms with Gasteiger partial charge in [-0.2, -0.15) is 0 Å². The number of aromatic nitrogens is 1. The van der Waals surface area contributed by atoms with Crippen LogP contribution >= 0.6 is 0 Å². The average molecular weight is 387 g/mol. The van der Waals surface area contributed by atoms with Gasteiger partial charge in [0.15, 0.2) is 5.96 Å². The molecule has 0 aliphatic carbocycles. The van der Waals surface area contributed by atoms with Crippen molar-refractivity contribution in [2.75, 3.05) is 7.05 Å². The van der Waals surface area contributed by atoms with Crippen molar-refractivity contribution in [1.29, 1.82) is 0 Å². The highest BCUT2D eigenvalue weighted by molar-refractivity contribution is 5.79. The van der Waals surface area contributed by atoms with Gasteiger partial charge in [0.25, 0.3) is 0 Å². The predicted molar refractivity (Wildman–Crippen MR) is 114 cm³/mol. The van der Waals surface area contributed by atoms with Gasteiger partial charge in [0.05, 0.1) is 18.8 Å². The molecule has 1 heterocycles. The largest absolute Gasteiger partial charge is 0.490 e. The van der Waals surface area contributed by atoms with E-state index >= 15 is 0 Å². The first-order valence-corrected chi connectivity index (χ1v) is 9.88. The molecule has 0 aliphatic heterocycles. The number of guanidine groups is 1. The van der Waals surface area contributed by atoms with Crippen LogP contribution in [0.15, 0.2) is 33.8 Å². The van der Waals surface area contributed by atoms with Crippen molar-refractivity contribution in [3.8, 4) is 5.75 Å². The molecule has 2 rings (SSSR count). The molecular weight excluding hydrogens is 352 g/mol. The van der Waals surface area contributed by atoms with Gasteiger partial charge in [-0.1, -0.05) is 39.8 Å². The van der Waals surface area contributed by atoms with E-state index in [-0.39, 0.29) is 11.5 Å². The molecule has 0 fully saturated rings. The second-order valence-corrected chi connectivity index (χ2v) is 8.10. The fraction of sp³-hybridized carbons (Fsp3) is 0.545. The molecule has 0 spiro atoms. The van der Waals surface area contributed by atoms with Gasteiger partial charge in [-0.3, -0.25) is 4.99 Å². The summed E-state index contributed by atoms with van der Waals surface area (Å²) in [6, 6.07) is 6.27. The van der Waals surface area contributed by atoms with Crippen LogP contribution in [0, 0.1) is 6.92 Å². The van der Waals surface area contributed by atoms with E-state index in [2.05, 4.69) is 80.4 Å². The summed E-state index contributed by atoms with van der Waals surface area (Å²) >= 11 is 0. The van der Waals surface area contributed by atoms with Gasteiger partial charge >= 0.3 is 0 Å². The van der Waals surface area contributed by atoms with Gasteiger partial charge in [0.1, 0.15) is 11.5 Å². The van der Waals surface area contributed by atoms with E-state index in [9.17, 15) is 0 Å². The number of nitrogens with zero attached hydrogens (tertiary/aromatic N) is 2. The van der Waals surface area contributed by atoms with Gasteiger partial charge in [-0.25, -0.2) is 4.98 Å². The van der Waals surface area contributed by atoms with Crippen molar-refractivity contribution in [3.05, 3.63) is 47.2 Å². The number of benzene rings is 1. The van der Waals surface area contributed by atoms with E-state index in [1.807, 2.05) is 0 Å². The Balaban J connectivity index is 1.96. The predicted octanol–water partition coefficient (Wildman–Crippen LogP) is 4.32. The zero-order valence-corrected chi connectivity index (χ0v) is 18.2. The number of aliphatic imine (C=N–C) groups is 1. The molecule has 0 radical (unpaired) electrons. The number of hydrogen-bond acceptors (Lipinski definition) is 4. The summed E-state index contributed by atoms with van der Waals surface area (Å²) in [5.41, 5.74) is 2.23. The standard InChI is InChI=1S/C22H34N4O2/c1-8-16(3)27-18-11-15(2)9-10-17(18)12-25-21(23-7)26-14-20-24-13-19(28-20)22(4,5)6/h9-11,13,16H,8,12,14H2,1-7H3,(H2,23,25,26). The molecule has 6 nitrogen and oxygen atoms in total. The second-order valence-electron chi connectivity index (χ2n) is 8.10. The average Bonchev–Trinajstić information content (AvgIpc) is 3.12. The smallest absolute Gasteiger partial charge is 0.213 e. The third kappa shape index (κ3) is 6.29.